The summed E-state index contributed by atoms with van der Waals surface area (Å²) in [4.78, 5) is 12.0. The van der Waals surface area contributed by atoms with Gasteiger partial charge in [0.1, 0.15) is 6.04 Å². The van der Waals surface area contributed by atoms with E-state index in [1.54, 1.807) is 0 Å². The third kappa shape index (κ3) is 4.75. The summed E-state index contributed by atoms with van der Waals surface area (Å²) in [5, 5.41) is 13.4. The minimum atomic E-state index is -1.24. The van der Waals surface area contributed by atoms with Gasteiger partial charge in [0.25, 0.3) is 0 Å². The molecular weight excluding hydrogens is 386 g/mol. The summed E-state index contributed by atoms with van der Waals surface area (Å²) in [5.74, 6) is -0.0958. The van der Waals surface area contributed by atoms with Crippen LogP contribution in [0.3, 0.4) is 0 Å². The quantitative estimate of drug-likeness (QED) is 0.254. The lowest BCUT2D eigenvalue weighted by molar-refractivity contribution is -0.197. The number of methoxy groups -OCH3 is 1. The van der Waals surface area contributed by atoms with Crippen LogP contribution >= 0.6 is 0 Å². The third-order valence-electron chi connectivity index (χ3n) is 7.13. The van der Waals surface area contributed by atoms with Crippen molar-refractivity contribution in [2.24, 2.45) is 17.8 Å². The Kier molecular flexibility index (Phi) is 6.99. The SMILES string of the molecule is COC(=O)[C@@H](N[C@@H](O)O[C@@H]1CC[C@]2(CO2)[C@@H]([C@@]2(C)O[C@@H]2CC=C(C)C)[C@@H]1C)C(C)C. The zero-order valence-corrected chi connectivity index (χ0v) is 19.4. The number of ether oxygens (including phenoxy) is 4. The molecule has 1 saturated carbocycles. The number of carbonyl (C=O) groups is 1. The van der Waals surface area contributed by atoms with Crippen LogP contribution in [-0.4, -0.2) is 60.7 Å². The first kappa shape index (κ1) is 23.7. The number of esters is 1. The first-order chi connectivity index (χ1) is 14.0. The maximum absolute atomic E-state index is 12.0. The summed E-state index contributed by atoms with van der Waals surface area (Å²) in [6.07, 6.45) is 3.62. The Hall–Kier alpha value is -0.990. The lowest BCUT2D eigenvalue weighted by Crippen LogP contribution is -2.54. The highest BCUT2D eigenvalue weighted by Gasteiger charge is 2.70. The highest BCUT2D eigenvalue weighted by molar-refractivity contribution is 5.75. The lowest BCUT2D eigenvalue weighted by Gasteiger charge is -2.43. The first-order valence-electron chi connectivity index (χ1n) is 11.2. The second-order valence-electron chi connectivity index (χ2n) is 9.97. The molecule has 7 nitrogen and oxygen atoms in total. The van der Waals surface area contributed by atoms with Crippen molar-refractivity contribution in [3.05, 3.63) is 11.6 Å². The standard InChI is InChI=1S/C23H39NO6/c1-13(2)8-9-17-22(6,30-17)19-15(5)16(10-11-23(19)12-28-23)29-21(26)24-18(14(3)4)20(25)27-7/h8,14-19,21,24,26H,9-12H2,1-7H3/t15-,16-,17-,18+,19-,21+,22+,23+/m1/s1. The van der Waals surface area contributed by atoms with E-state index in [1.807, 2.05) is 13.8 Å². The van der Waals surface area contributed by atoms with Crippen LogP contribution in [0, 0.1) is 17.8 Å². The van der Waals surface area contributed by atoms with Gasteiger partial charge in [-0.2, -0.15) is 0 Å². The molecule has 0 bridgehead atoms. The molecule has 2 N–H and O–H groups in total. The largest absolute Gasteiger partial charge is 0.468 e. The van der Waals surface area contributed by atoms with Gasteiger partial charge in [0.15, 0.2) is 0 Å². The molecule has 2 heterocycles. The van der Waals surface area contributed by atoms with Gasteiger partial charge >= 0.3 is 5.97 Å². The van der Waals surface area contributed by atoms with E-state index >= 15 is 0 Å². The molecular formula is C23H39NO6. The van der Waals surface area contributed by atoms with Gasteiger partial charge < -0.3 is 24.1 Å². The van der Waals surface area contributed by atoms with Crippen molar-refractivity contribution in [3.63, 3.8) is 0 Å². The zero-order chi connectivity index (χ0) is 22.3. The van der Waals surface area contributed by atoms with Crippen molar-refractivity contribution >= 4 is 5.97 Å². The molecule has 0 aromatic rings. The van der Waals surface area contributed by atoms with E-state index in [-0.39, 0.29) is 41.2 Å². The normalized spacial score (nSPS) is 39.5. The Labute approximate surface area is 180 Å². The van der Waals surface area contributed by atoms with Crippen LogP contribution in [0.1, 0.15) is 60.8 Å². The Morgan fingerprint density at radius 2 is 2.03 bits per heavy atom. The van der Waals surface area contributed by atoms with Crippen molar-refractivity contribution in [2.45, 2.75) is 96.7 Å². The second kappa shape index (κ2) is 8.87. The molecule has 8 atom stereocenters. The summed E-state index contributed by atoms with van der Waals surface area (Å²) in [5.41, 5.74) is 0.926. The van der Waals surface area contributed by atoms with E-state index in [2.05, 4.69) is 39.1 Å². The van der Waals surface area contributed by atoms with E-state index in [0.29, 0.717) is 0 Å². The number of aliphatic hydroxyl groups excluding tert-OH is 1. The Balaban J connectivity index is 1.65. The van der Waals surface area contributed by atoms with E-state index in [4.69, 9.17) is 18.9 Å². The van der Waals surface area contributed by atoms with Crippen LogP contribution in [-0.2, 0) is 23.7 Å². The van der Waals surface area contributed by atoms with Crippen molar-refractivity contribution in [2.75, 3.05) is 13.7 Å². The van der Waals surface area contributed by atoms with Gasteiger partial charge in [0.2, 0.25) is 6.41 Å². The zero-order valence-electron chi connectivity index (χ0n) is 19.4. The smallest absolute Gasteiger partial charge is 0.323 e. The fourth-order valence-electron chi connectivity index (χ4n) is 5.34. The summed E-state index contributed by atoms with van der Waals surface area (Å²) in [6, 6.07) is -0.629. The Morgan fingerprint density at radius 1 is 1.37 bits per heavy atom. The van der Waals surface area contributed by atoms with Crippen LogP contribution in [0.4, 0.5) is 0 Å². The van der Waals surface area contributed by atoms with Crippen LogP contribution in [0.2, 0.25) is 0 Å². The van der Waals surface area contributed by atoms with Gasteiger partial charge in [-0.15, -0.1) is 0 Å². The van der Waals surface area contributed by atoms with Crippen LogP contribution in [0.25, 0.3) is 0 Å². The second-order valence-corrected chi connectivity index (χ2v) is 9.97. The number of hydrogen-bond donors (Lipinski definition) is 2. The molecule has 3 aliphatic rings. The molecule has 7 heteroatoms. The molecule has 3 rings (SSSR count). The van der Waals surface area contributed by atoms with E-state index < -0.39 is 18.4 Å². The minimum absolute atomic E-state index is 0.0371. The summed E-state index contributed by atoms with van der Waals surface area (Å²) >= 11 is 0. The fourth-order valence-corrected chi connectivity index (χ4v) is 5.34. The maximum Gasteiger partial charge on any atom is 0.323 e. The first-order valence-corrected chi connectivity index (χ1v) is 11.2. The number of nitrogens with one attached hydrogen (secondary N) is 1. The van der Waals surface area contributed by atoms with Crippen molar-refractivity contribution < 1.29 is 28.8 Å². The fraction of sp³-hybridized carbons (Fsp3) is 0.870. The summed E-state index contributed by atoms with van der Waals surface area (Å²) in [6.45, 7) is 13.1. The molecule has 1 spiro atoms. The molecule has 0 radical (unpaired) electrons. The average molecular weight is 426 g/mol. The van der Waals surface area contributed by atoms with Gasteiger partial charge in [-0.05, 0) is 51.9 Å². The number of aliphatic hydroxyl groups is 1. The minimum Gasteiger partial charge on any atom is -0.468 e. The molecule has 0 amide bonds. The average Bonchev–Trinajstić information content (AvgIpc) is 3.58. The monoisotopic (exact) mass is 425 g/mol. The predicted molar refractivity (Wildman–Crippen MR) is 113 cm³/mol. The summed E-state index contributed by atoms with van der Waals surface area (Å²) in [7, 11) is 1.34. The van der Waals surface area contributed by atoms with E-state index in [1.165, 1.54) is 12.7 Å². The van der Waals surface area contributed by atoms with Crippen LogP contribution < -0.4 is 5.32 Å². The van der Waals surface area contributed by atoms with Crippen LogP contribution in [0.5, 0.6) is 0 Å². The van der Waals surface area contributed by atoms with E-state index in [0.717, 1.165) is 25.9 Å². The molecule has 172 valence electrons. The van der Waals surface area contributed by atoms with Crippen molar-refractivity contribution in [3.8, 4) is 0 Å². The van der Waals surface area contributed by atoms with Crippen molar-refractivity contribution in [1.29, 1.82) is 0 Å². The summed E-state index contributed by atoms with van der Waals surface area (Å²) < 4.78 is 23.0. The predicted octanol–water partition coefficient (Wildman–Crippen LogP) is 2.76. The van der Waals surface area contributed by atoms with E-state index in [9.17, 15) is 9.90 Å². The molecule has 0 aromatic heterocycles. The number of epoxide rings is 2. The Morgan fingerprint density at radius 3 is 2.57 bits per heavy atom. The molecule has 3 fully saturated rings. The number of allylic oxidation sites excluding steroid dienone is 1. The van der Waals surface area contributed by atoms with Crippen LogP contribution in [0.15, 0.2) is 11.6 Å². The van der Waals surface area contributed by atoms with Gasteiger partial charge in [0.05, 0.1) is 37.1 Å². The molecule has 1 aliphatic carbocycles. The number of rotatable bonds is 9. The topological polar surface area (TPSA) is 92.9 Å². The highest BCUT2D eigenvalue weighted by atomic mass is 16.6. The Bertz CT molecular complexity index is 656. The molecule has 2 saturated heterocycles. The van der Waals surface area contributed by atoms with Gasteiger partial charge in [0, 0.05) is 5.92 Å². The van der Waals surface area contributed by atoms with Gasteiger partial charge in [-0.3, -0.25) is 10.1 Å². The lowest BCUT2D eigenvalue weighted by atomic mass is 9.64. The third-order valence-corrected chi connectivity index (χ3v) is 7.13. The van der Waals surface area contributed by atoms with Crippen molar-refractivity contribution in [1.82, 2.24) is 5.32 Å². The number of hydrogen-bond acceptors (Lipinski definition) is 7. The molecule has 0 unspecified atom stereocenters. The molecule has 2 aliphatic heterocycles. The molecule has 0 aromatic carbocycles. The van der Waals surface area contributed by atoms with Gasteiger partial charge in [-0.1, -0.05) is 32.4 Å². The number of carbonyl (C=O) groups excluding carboxylic acids is 1. The molecule has 30 heavy (non-hydrogen) atoms. The highest BCUT2D eigenvalue weighted by Crippen LogP contribution is 2.60. The van der Waals surface area contributed by atoms with Gasteiger partial charge in [-0.25, -0.2) is 0 Å². The maximum atomic E-state index is 12.0.